The fourth-order valence-corrected chi connectivity index (χ4v) is 1.91. The molecule has 7 heteroatoms. The molecular weight excluding hydrogens is 352 g/mol. The number of nitrogens with one attached hydrogen (secondary N) is 2. The van der Waals surface area contributed by atoms with Crippen molar-refractivity contribution in [2.45, 2.75) is 32.4 Å². The van der Waals surface area contributed by atoms with Gasteiger partial charge in [0, 0.05) is 4.47 Å². The molecule has 0 bridgehead atoms. The van der Waals surface area contributed by atoms with Crippen molar-refractivity contribution in [3.8, 4) is 0 Å². The van der Waals surface area contributed by atoms with Gasteiger partial charge in [0.1, 0.15) is 0 Å². The molecule has 0 spiro atoms. The Morgan fingerprint density at radius 2 is 1.91 bits per heavy atom. The molecule has 6 nitrogen and oxygen atoms in total. The zero-order valence-electron chi connectivity index (χ0n) is 13.1. The summed E-state index contributed by atoms with van der Waals surface area (Å²) < 4.78 is 11.0. The minimum atomic E-state index is -0.883. The third-order valence-electron chi connectivity index (χ3n) is 2.60. The van der Waals surface area contributed by atoms with Crippen LogP contribution in [0.15, 0.2) is 28.7 Å². The molecule has 0 aliphatic carbocycles. The van der Waals surface area contributed by atoms with Crippen LogP contribution in [0.3, 0.4) is 0 Å². The van der Waals surface area contributed by atoms with Crippen LogP contribution in [0.1, 0.15) is 20.8 Å². The first-order valence-corrected chi connectivity index (χ1v) is 7.56. The van der Waals surface area contributed by atoms with Gasteiger partial charge >= 0.3 is 12.0 Å². The van der Waals surface area contributed by atoms with Crippen LogP contribution in [0, 0.1) is 0 Å². The topological polar surface area (TPSA) is 76.7 Å². The molecule has 1 atom stereocenters. The number of halogens is 1. The van der Waals surface area contributed by atoms with Crippen LogP contribution in [-0.2, 0) is 14.3 Å². The summed E-state index contributed by atoms with van der Waals surface area (Å²) in [6.45, 7) is 5.62. The minimum Gasteiger partial charge on any atom is -0.467 e. The van der Waals surface area contributed by atoms with Gasteiger partial charge in [-0.1, -0.05) is 12.1 Å². The lowest BCUT2D eigenvalue weighted by molar-refractivity contribution is -0.145. The average molecular weight is 373 g/mol. The van der Waals surface area contributed by atoms with E-state index < -0.39 is 23.6 Å². The Hall–Kier alpha value is -1.60. The lowest BCUT2D eigenvalue weighted by Gasteiger charge is -2.24. The third-order valence-corrected chi connectivity index (χ3v) is 3.29. The zero-order valence-corrected chi connectivity index (χ0v) is 14.7. The van der Waals surface area contributed by atoms with E-state index in [1.807, 2.05) is 26.8 Å². The number of para-hydroxylation sites is 1. The summed E-state index contributed by atoms with van der Waals surface area (Å²) in [6.07, 6.45) is 0. The molecule has 2 N–H and O–H groups in total. The molecule has 2 amide bonds. The molecule has 0 aliphatic rings. The lowest BCUT2D eigenvalue weighted by atomic mass is 10.2. The van der Waals surface area contributed by atoms with Gasteiger partial charge in [0.15, 0.2) is 6.04 Å². The van der Waals surface area contributed by atoms with Crippen molar-refractivity contribution in [3.63, 3.8) is 0 Å². The summed E-state index contributed by atoms with van der Waals surface area (Å²) in [6, 6.07) is 5.77. The highest BCUT2D eigenvalue weighted by atomic mass is 79.9. The zero-order chi connectivity index (χ0) is 16.8. The van der Waals surface area contributed by atoms with Crippen molar-refractivity contribution in [1.29, 1.82) is 0 Å². The fraction of sp³-hybridized carbons (Fsp3) is 0.467. The Labute approximate surface area is 138 Å². The first kappa shape index (κ1) is 18.4. The second-order valence-electron chi connectivity index (χ2n) is 5.58. The highest BCUT2D eigenvalue weighted by molar-refractivity contribution is 9.10. The molecule has 0 fully saturated rings. The van der Waals surface area contributed by atoms with Crippen molar-refractivity contribution >= 4 is 33.6 Å². The fourth-order valence-electron chi connectivity index (χ4n) is 1.52. The number of carbonyl (C=O) groups excluding carboxylic acids is 2. The predicted octanol–water partition coefficient (Wildman–Crippen LogP) is 2.93. The van der Waals surface area contributed by atoms with Crippen LogP contribution in [0.25, 0.3) is 0 Å². The Bertz CT molecular complexity index is 529. The van der Waals surface area contributed by atoms with Crippen LogP contribution in [0.5, 0.6) is 0 Å². The van der Waals surface area contributed by atoms with E-state index in [1.54, 1.807) is 18.2 Å². The largest absolute Gasteiger partial charge is 0.467 e. The van der Waals surface area contributed by atoms with Crippen LogP contribution in [-0.4, -0.2) is 37.4 Å². The van der Waals surface area contributed by atoms with Crippen LogP contribution >= 0.6 is 15.9 Å². The van der Waals surface area contributed by atoms with Gasteiger partial charge in [0.25, 0.3) is 0 Å². The van der Waals surface area contributed by atoms with Gasteiger partial charge in [-0.05, 0) is 48.8 Å². The number of ether oxygens (including phenoxy) is 2. The molecule has 0 heterocycles. The SMILES string of the molecule is COC(=O)C(COC(C)(C)C)NC(=O)Nc1ccccc1Br. The molecule has 122 valence electrons. The van der Waals surface area contributed by atoms with E-state index in [1.165, 1.54) is 7.11 Å². The minimum absolute atomic E-state index is 0.0273. The summed E-state index contributed by atoms with van der Waals surface area (Å²) in [5.41, 5.74) is 0.174. The summed E-state index contributed by atoms with van der Waals surface area (Å²) in [4.78, 5) is 23.7. The van der Waals surface area contributed by atoms with E-state index in [4.69, 9.17) is 4.74 Å². The van der Waals surface area contributed by atoms with Gasteiger partial charge in [-0.2, -0.15) is 0 Å². The summed E-state index contributed by atoms with van der Waals surface area (Å²) in [7, 11) is 1.26. The number of benzene rings is 1. The maximum absolute atomic E-state index is 12.0. The smallest absolute Gasteiger partial charge is 0.330 e. The van der Waals surface area contributed by atoms with E-state index in [2.05, 4.69) is 31.3 Å². The standard InChI is InChI=1S/C15H21BrN2O4/c1-15(2,3)22-9-12(13(19)21-4)18-14(20)17-11-8-6-5-7-10(11)16/h5-8,12H,9H2,1-4H3,(H2,17,18,20). The lowest BCUT2D eigenvalue weighted by Crippen LogP contribution is -2.47. The number of rotatable bonds is 5. The van der Waals surface area contributed by atoms with Crippen LogP contribution in [0.4, 0.5) is 10.5 Å². The maximum atomic E-state index is 12.0. The van der Waals surface area contributed by atoms with E-state index in [0.717, 1.165) is 4.47 Å². The van der Waals surface area contributed by atoms with Gasteiger partial charge in [0.05, 0.1) is 25.0 Å². The molecule has 0 saturated heterocycles. The van der Waals surface area contributed by atoms with Crippen LogP contribution < -0.4 is 10.6 Å². The van der Waals surface area contributed by atoms with Crippen molar-refractivity contribution < 1.29 is 19.1 Å². The van der Waals surface area contributed by atoms with Gasteiger partial charge in [-0.25, -0.2) is 9.59 Å². The van der Waals surface area contributed by atoms with Gasteiger partial charge in [-0.15, -0.1) is 0 Å². The van der Waals surface area contributed by atoms with Crippen LogP contribution in [0.2, 0.25) is 0 Å². The average Bonchev–Trinajstić information content (AvgIpc) is 2.44. The molecular formula is C15H21BrN2O4. The number of amides is 2. The maximum Gasteiger partial charge on any atom is 0.330 e. The molecule has 0 radical (unpaired) electrons. The molecule has 22 heavy (non-hydrogen) atoms. The van der Waals surface area contributed by atoms with Crippen molar-refractivity contribution in [2.24, 2.45) is 0 Å². The third kappa shape index (κ3) is 6.44. The van der Waals surface area contributed by atoms with Gasteiger partial charge < -0.3 is 20.1 Å². The normalized spacial score (nSPS) is 12.4. The van der Waals surface area contributed by atoms with E-state index in [0.29, 0.717) is 5.69 Å². The van der Waals surface area contributed by atoms with Gasteiger partial charge in [0.2, 0.25) is 0 Å². The van der Waals surface area contributed by atoms with E-state index >= 15 is 0 Å². The van der Waals surface area contributed by atoms with Crippen molar-refractivity contribution in [2.75, 3.05) is 19.0 Å². The van der Waals surface area contributed by atoms with Crippen molar-refractivity contribution in [1.82, 2.24) is 5.32 Å². The number of carbonyl (C=O) groups is 2. The Morgan fingerprint density at radius 3 is 2.45 bits per heavy atom. The molecule has 1 aromatic carbocycles. The molecule has 0 aliphatic heterocycles. The molecule has 1 rings (SSSR count). The Kier molecular flexibility index (Phi) is 6.83. The highest BCUT2D eigenvalue weighted by Gasteiger charge is 2.24. The molecule has 1 unspecified atom stereocenters. The summed E-state index contributed by atoms with van der Waals surface area (Å²) in [5, 5.41) is 5.20. The summed E-state index contributed by atoms with van der Waals surface area (Å²) >= 11 is 3.33. The number of esters is 1. The van der Waals surface area contributed by atoms with Crippen molar-refractivity contribution in [3.05, 3.63) is 28.7 Å². The number of hydrogen-bond acceptors (Lipinski definition) is 4. The van der Waals surface area contributed by atoms with E-state index in [9.17, 15) is 9.59 Å². The first-order valence-electron chi connectivity index (χ1n) is 6.77. The second kappa shape index (κ2) is 8.14. The predicted molar refractivity (Wildman–Crippen MR) is 87.8 cm³/mol. The molecule has 0 saturated carbocycles. The summed E-state index contributed by atoms with van der Waals surface area (Å²) in [5.74, 6) is -0.563. The molecule has 0 aromatic heterocycles. The number of urea groups is 1. The Morgan fingerprint density at radius 1 is 1.27 bits per heavy atom. The second-order valence-corrected chi connectivity index (χ2v) is 6.43. The number of methoxy groups -OCH3 is 1. The monoisotopic (exact) mass is 372 g/mol. The quantitative estimate of drug-likeness (QED) is 0.779. The molecule has 1 aromatic rings. The number of hydrogen-bond donors (Lipinski definition) is 2. The highest BCUT2D eigenvalue weighted by Crippen LogP contribution is 2.20. The number of anilines is 1. The van der Waals surface area contributed by atoms with E-state index in [-0.39, 0.29) is 6.61 Å². The van der Waals surface area contributed by atoms with Gasteiger partial charge in [-0.3, -0.25) is 0 Å². The first-order chi connectivity index (χ1) is 10.2. The Balaban J connectivity index is 2.66.